The molecule has 31 heavy (non-hydrogen) atoms. The summed E-state index contributed by atoms with van der Waals surface area (Å²) in [7, 11) is 0. The third kappa shape index (κ3) is 3.66. The summed E-state index contributed by atoms with van der Waals surface area (Å²) in [5.41, 5.74) is 1.29. The molecule has 0 unspecified atom stereocenters. The Hall–Kier alpha value is -2.98. The number of rotatable bonds is 3. The Morgan fingerprint density at radius 1 is 1.10 bits per heavy atom. The Balaban J connectivity index is 1.49. The minimum atomic E-state index is -4.46. The van der Waals surface area contributed by atoms with Gasteiger partial charge in [0.1, 0.15) is 22.0 Å². The minimum Gasteiger partial charge on any atom is -0.354 e. The Kier molecular flexibility index (Phi) is 4.90. The molecule has 0 bridgehead atoms. The zero-order valence-corrected chi connectivity index (χ0v) is 17.4. The van der Waals surface area contributed by atoms with E-state index in [1.807, 2.05) is 19.1 Å². The van der Waals surface area contributed by atoms with Crippen LogP contribution < -0.4 is 10.2 Å². The van der Waals surface area contributed by atoms with Crippen LogP contribution in [0.3, 0.4) is 0 Å². The molecular weight excluding hydrogens is 425 g/mol. The molecule has 10 heteroatoms. The maximum Gasteiger partial charge on any atom is 0.418 e. The summed E-state index contributed by atoms with van der Waals surface area (Å²) >= 11 is 1.42. The normalized spacial score (nSPS) is 15.0. The summed E-state index contributed by atoms with van der Waals surface area (Å²) < 4.78 is 39.9. The van der Waals surface area contributed by atoms with Crippen LogP contribution in [0.15, 0.2) is 36.5 Å². The predicted molar refractivity (Wildman–Crippen MR) is 115 cm³/mol. The number of nitrogens with one attached hydrogen (secondary N) is 2. The number of halogens is 3. The topological polar surface area (TPSA) is 69.7 Å². The van der Waals surface area contributed by atoms with Gasteiger partial charge in [0.25, 0.3) is 0 Å². The van der Waals surface area contributed by atoms with Gasteiger partial charge in [-0.05, 0) is 25.1 Å². The molecule has 0 atom stereocenters. The number of H-pyrrole nitrogens is 1. The van der Waals surface area contributed by atoms with E-state index in [1.165, 1.54) is 17.4 Å². The van der Waals surface area contributed by atoms with Crippen molar-refractivity contribution in [1.29, 1.82) is 0 Å². The van der Waals surface area contributed by atoms with Crippen molar-refractivity contribution < 1.29 is 13.2 Å². The molecule has 0 saturated carbocycles. The Bertz CT molecular complexity index is 1220. The molecule has 1 saturated heterocycles. The number of pyridine rings is 1. The molecule has 5 rings (SSSR count). The number of piperazine rings is 1. The van der Waals surface area contributed by atoms with Gasteiger partial charge in [0, 0.05) is 48.2 Å². The first kappa shape index (κ1) is 20.0. The van der Waals surface area contributed by atoms with Gasteiger partial charge < -0.3 is 10.2 Å². The summed E-state index contributed by atoms with van der Waals surface area (Å²) in [5.74, 6) is 0.928. The van der Waals surface area contributed by atoms with Crippen LogP contribution >= 0.6 is 11.3 Å². The maximum atomic E-state index is 13.3. The number of nitrogens with zero attached hydrogens (tertiary/aromatic N) is 4. The van der Waals surface area contributed by atoms with E-state index in [0.717, 1.165) is 54.2 Å². The quantitative estimate of drug-likeness (QED) is 0.488. The zero-order chi connectivity index (χ0) is 21.6. The lowest BCUT2D eigenvalue weighted by Gasteiger charge is -2.28. The van der Waals surface area contributed by atoms with E-state index in [2.05, 4.69) is 25.4 Å². The molecule has 2 N–H and O–H groups in total. The van der Waals surface area contributed by atoms with Crippen molar-refractivity contribution in [2.24, 2.45) is 0 Å². The molecule has 0 amide bonds. The summed E-state index contributed by atoms with van der Waals surface area (Å²) in [6.07, 6.45) is -2.66. The van der Waals surface area contributed by atoms with Gasteiger partial charge in [-0.15, -0.1) is 11.3 Å². The molecular formula is C21H19F3N6S. The number of para-hydroxylation sites is 1. The van der Waals surface area contributed by atoms with Gasteiger partial charge in [-0.3, -0.25) is 5.10 Å². The number of benzene rings is 1. The Labute approximate surface area is 180 Å². The van der Waals surface area contributed by atoms with Crippen molar-refractivity contribution in [3.05, 3.63) is 47.0 Å². The van der Waals surface area contributed by atoms with Crippen molar-refractivity contribution in [2.45, 2.75) is 13.1 Å². The molecule has 1 aromatic carbocycles. The van der Waals surface area contributed by atoms with E-state index in [4.69, 9.17) is 4.98 Å². The van der Waals surface area contributed by atoms with E-state index < -0.39 is 11.7 Å². The standard InChI is InChI=1S/C21H19F3N6S/c1-12-17(13-5-6-16(26-11-13)30-9-7-25-8-10-30)27-20(31-12)19-14-3-2-4-15(21(22,23)24)18(14)28-29-19/h2-6,11,25H,7-10H2,1H3,(H,28,29). The molecule has 4 aromatic rings. The fourth-order valence-corrected chi connectivity index (χ4v) is 4.75. The maximum absolute atomic E-state index is 13.3. The van der Waals surface area contributed by atoms with Gasteiger partial charge in [-0.25, -0.2) is 9.97 Å². The van der Waals surface area contributed by atoms with Gasteiger partial charge >= 0.3 is 6.18 Å². The highest BCUT2D eigenvalue weighted by Gasteiger charge is 2.34. The van der Waals surface area contributed by atoms with E-state index in [-0.39, 0.29) is 5.52 Å². The second-order valence-corrected chi connectivity index (χ2v) is 8.57. The number of anilines is 1. The number of aryl methyl sites for hydroxylation is 1. The SMILES string of the molecule is Cc1sc(-c2[nH]nc3c(C(F)(F)F)cccc23)nc1-c1ccc(N2CCNCC2)nc1. The van der Waals surface area contributed by atoms with Gasteiger partial charge in [-0.1, -0.05) is 12.1 Å². The van der Waals surface area contributed by atoms with Crippen LogP contribution in [0.1, 0.15) is 10.4 Å². The van der Waals surface area contributed by atoms with E-state index in [0.29, 0.717) is 16.1 Å². The van der Waals surface area contributed by atoms with Gasteiger partial charge in [0.2, 0.25) is 0 Å². The average molecular weight is 444 g/mol. The van der Waals surface area contributed by atoms with Gasteiger partial charge in [0.15, 0.2) is 0 Å². The number of fused-ring (bicyclic) bond motifs is 1. The monoisotopic (exact) mass is 444 g/mol. The molecule has 0 aliphatic carbocycles. The van der Waals surface area contributed by atoms with Crippen LogP contribution in [-0.2, 0) is 6.18 Å². The molecule has 1 aliphatic heterocycles. The lowest BCUT2D eigenvalue weighted by atomic mass is 10.1. The predicted octanol–water partition coefficient (Wildman–Crippen LogP) is 4.49. The highest BCUT2D eigenvalue weighted by atomic mass is 32.1. The fourth-order valence-electron chi connectivity index (χ4n) is 3.81. The average Bonchev–Trinajstić information content (AvgIpc) is 3.37. The van der Waals surface area contributed by atoms with E-state index in [1.54, 1.807) is 12.3 Å². The molecule has 1 aliphatic rings. The molecule has 6 nitrogen and oxygen atoms in total. The first-order valence-corrected chi connectivity index (χ1v) is 10.7. The van der Waals surface area contributed by atoms with Crippen LogP contribution in [0.25, 0.3) is 32.9 Å². The van der Waals surface area contributed by atoms with Crippen LogP contribution in [0.5, 0.6) is 0 Å². The number of hydrogen-bond acceptors (Lipinski definition) is 6. The molecule has 0 spiro atoms. The molecule has 4 heterocycles. The molecule has 160 valence electrons. The molecule has 0 radical (unpaired) electrons. The number of hydrogen-bond donors (Lipinski definition) is 2. The highest BCUT2D eigenvalue weighted by Crippen LogP contribution is 2.39. The number of thiazole rings is 1. The van der Waals surface area contributed by atoms with Gasteiger partial charge in [0.05, 0.1) is 11.3 Å². The highest BCUT2D eigenvalue weighted by molar-refractivity contribution is 7.15. The lowest BCUT2D eigenvalue weighted by molar-refractivity contribution is -0.136. The molecule has 3 aromatic heterocycles. The van der Waals surface area contributed by atoms with E-state index in [9.17, 15) is 13.2 Å². The number of aromatic nitrogens is 4. The summed E-state index contributed by atoms with van der Waals surface area (Å²) in [4.78, 5) is 12.5. The van der Waals surface area contributed by atoms with Crippen molar-refractivity contribution in [3.8, 4) is 22.0 Å². The van der Waals surface area contributed by atoms with Crippen molar-refractivity contribution >= 4 is 28.1 Å². The third-order valence-electron chi connectivity index (χ3n) is 5.36. The van der Waals surface area contributed by atoms with Crippen LogP contribution in [0.4, 0.5) is 19.0 Å². The van der Waals surface area contributed by atoms with Crippen molar-refractivity contribution in [1.82, 2.24) is 25.5 Å². The summed E-state index contributed by atoms with van der Waals surface area (Å²) in [5, 5.41) is 11.0. The fraction of sp³-hybridized carbons (Fsp3) is 0.286. The zero-order valence-electron chi connectivity index (χ0n) is 16.6. The van der Waals surface area contributed by atoms with Crippen molar-refractivity contribution in [2.75, 3.05) is 31.1 Å². The molecule has 1 fully saturated rings. The largest absolute Gasteiger partial charge is 0.418 e. The summed E-state index contributed by atoms with van der Waals surface area (Å²) in [6.45, 7) is 5.65. The number of aromatic amines is 1. The van der Waals surface area contributed by atoms with Gasteiger partial charge in [-0.2, -0.15) is 18.3 Å². The van der Waals surface area contributed by atoms with Crippen LogP contribution in [-0.4, -0.2) is 46.3 Å². The van der Waals surface area contributed by atoms with E-state index >= 15 is 0 Å². The number of alkyl halides is 3. The second kappa shape index (κ2) is 7.61. The van der Waals surface area contributed by atoms with Crippen LogP contribution in [0, 0.1) is 6.92 Å². The Morgan fingerprint density at radius 2 is 1.90 bits per heavy atom. The summed E-state index contributed by atoms with van der Waals surface area (Å²) in [6, 6.07) is 8.04. The van der Waals surface area contributed by atoms with Crippen molar-refractivity contribution in [3.63, 3.8) is 0 Å². The lowest BCUT2D eigenvalue weighted by Crippen LogP contribution is -2.43. The first-order valence-electron chi connectivity index (χ1n) is 9.86. The second-order valence-electron chi connectivity index (χ2n) is 7.36. The Morgan fingerprint density at radius 3 is 2.61 bits per heavy atom. The van der Waals surface area contributed by atoms with Crippen LogP contribution in [0.2, 0.25) is 0 Å². The smallest absolute Gasteiger partial charge is 0.354 e. The minimum absolute atomic E-state index is 0.0959. The third-order valence-corrected chi connectivity index (χ3v) is 6.35. The first-order chi connectivity index (χ1) is 14.9.